The highest BCUT2D eigenvalue weighted by molar-refractivity contribution is 4.64. The summed E-state index contributed by atoms with van der Waals surface area (Å²) < 4.78 is 66.1. The van der Waals surface area contributed by atoms with Crippen molar-refractivity contribution in [2.24, 2.45) is 5.73 Å². The normalized spacial score (nSPS) is 91.3. The summed E-state index contributed by atoms with van der Waals surface area (Å²) in [5.41, 5.74) is 5.16. The summed E-state index contributed by atoms with van der Waals surface area (Å²) in [7, 11) is 0. The van der Waals surface area contributed by atoms with E-state index in [0.717, 1.165) is 0 Å². The standard InChI is InChI=1S/C5H12N2/c6-5-3-1-2-4-7-5/h5,7H,1-4,6H2/i1D2,2D2,3D2,4D2,5D. The molecule has 42 valence electrons. The Morgan fingerprint density at radius 3 is 3.57 bits per heavy atom. The number of piperidine rings is 1. The fraction of sp³-hybridized carbons (Fsp3) is 1.00. The van der Waals surface area contributed by atoms with Crippen LogP contribution in [-0.2, 0) is 0 Å². The molecule has 0 aromatic rings. The third kappa shape index (κ3) is 1.45. The molecule has 0 radical (unpaired) electrons. The monoisotopic (exact) mass is 109 g/mol. The van der Waals surface area contributed by atoms with Gasteiger partial charge >= 0.3 is 0 Å². The number of nitrogens with two attached hydrogens (primary N) is 1. The smallest absolute Gasteiger partial charge is 0.0633 e. The van der Waals surface area contributed by atoms with E-state index in [1.807, 2.05) is 0 Å². The lowest BCUT2D eigenvalue weighted by Crippen LogP contribution is -2.40. The summed E-state index contributed by atoms with van der Waals surface area (Å²) in [6.45, 7) is -2.95. The topological polar surface area (TPSA) is 38.0 Å². The second-order valence-corrected chi connectivity index (χ2v) is 1.04. The van der Waals surface area contributed by atoms with Gasteiger partial charge in [-0.1, -0.05) is 0 Å². The third-order valence-electron chi connectivity index (χ3n) is 0.519. The maximum absolute atomic E-state index is 7.38. The van der Waals surface area contributed by atoms with E-state index < -0.39 is 31.8 Å². The van der Waals surface area contributed by atoms with Crippen molar-refractivity contribution in [1.82, 2.24) is 5.32 Å². The highest BCUT2D eigenvalue weighted by Gasteiger charge is 2.04. The molecule has 0 aromatic carbocycles. The highest BCUT2D eigenvalue weighted by atomic mass is 15.0. The van der Waals surface area contributed by atoms with E-state index in [4.69, 9.17) is 18.1 Å². The first-order valence-electron chi connectivity index (χ1n) is 6.29. The number of rotatable bonds is 0. The van der Waals surface area contributed by atoms with Gasteiger partial charge < -0.3 is 11.1 Å². The molecule has 1 heterocycles. The minimum atomic E-state index is -3.24. The molecule has 1 fully saturated rings. The van der Waals surface area contributed by atoms with Crippen molar-refractivity contribution in [3.8, 4) is 0 Å². The fourth-order valence-electron chi connectivity index (χ4n) is 0.260. The summed E-state index contributed by atoms with van der Waals surface area (Å²) in [6.07, 6.45) is -12.3. The average Bonchev–Trinajstić information content (AvgIpc) is 1.98. The second kappa shape index (κ2) is 2.28. The molecule has 2 nitrogen and oxygen atoms in total. The number of hydrogen-bond acceptors (Lipinski definition) is 2. The van der Waals surface area contributed by atoms with E-state index in [1.165, 1.54) is 0 Å². The van der Waals surface area contributed by atoms with E-state index in [2.05, 4.69) is 0 Å². The van der Waals surface area contributed by atoms with Gasteiger partial charge in [0.1, 0.15) is 0 Å². The van der Waals surface area contributed by atoms with Gasteiger partial charge in [0.05, 0.1) is 7.51 Å². The summed E-state index contributed by atoms with van der Waals surface area (Å²) in [4.78, 5) is 0. The Labute approximate surface area is 56.7 Å². The Kier molecular flexibility index (Phi) is 0.312. The van der Waals surface area contributed by atoms with E-state index in [0.29, 0.717) is 0 Å². The molecule has 2 heteroatoms. The molecular weight excluding hydrogens is 88.1 g/mol. The molecule has 0 aromatic heterocycles. The Morgan fingerprint density at radius 1 is 1.86 bits per heavy atom. The minimum Gasteiger partial charge on any atom is -0.316 e. The van der Waals surface area contributed by atoms with Crippen LogP contribution in [0.1, 0.15) is 31.5 Å². The minimum absolute atomic E-state index is 1.66. The third-order valence-corrected chi connectivity index (χ3v) is 0.519. The van der Waals surface area contributed by atoms with Crippen molar-refractivity contribution in [2.75, 3.05) is 6.50 Å². The van der Waals surface area contributed by atoms with E-state index in [1.54, 1.807) is 5.32 Å². The first-order valence-corrected chi connectivity index (χ1v) is 1.79. The summed E-state index contributed by atoms with van der Waals surface area (Å²) >= 11 is 0. The van der Waals surface area contributed by atoms with Crippen LogP contribution in [0.25, 0.3) is 0 Å². The van der Waals surface area contributed by atoms with Crippen molar-refractivity contribution in [2.45, 2.75) is 25.3 Å². The molecule has 1 aliphatic heterocycles. The molecule has 0 bridgehead atoms. The molecule has 0 saturated carbocycles. The Morgan fingerprint density at radius 2 is 2.71 bits per heavy atom. The van der Waals surface area contributed by atoms with Crippen molar-refractivity contribution in [3.63, 3.8) is 0 Å². The number of nitrogens with one attached hydrogen (secondary N) is 1. The van der Waals surface area contributed by atoms with Gasteiger partial charge in [0, 0.05) is 11.0 Å². The maximum Gasteiger partial charge on any atom is 0.0633 e. The molecule has 0 spiro atoms. The average molecular weight is 109 g/mol. The van der Waals surface area contributed by atoms with Crippen molar-refractivity contribution < 1.29 is 12.3 Å². The van der Waals surface area contributed by atoms with E-state index >= 15 is 0 Å². The van der Waals surface area contributed by atoms with Crippen molar-refractivity contribution in [3.05, 3.63) is 0 Å². The lowest BCUT2D eigenvalue weighted by atomic mass is 10.1. The zero-order chi connectivity index (χ0) is 13.2. The van der Waals surface area contributed by atoms with Crippen LogP contribution in [0.2, 0.25) is 0 Å². The summed E-state index contributed by atoms with van der Waals surface area (Å²) in [6, 6.07) is 0. The van der Waals surface area contributed by atoms with Gasteiger partial charge in [-0.3, -0.25) is 0 Å². The van der Waals surface area contributed by atoms with Gasteiger partial charge in [0.15, 0.2) is 0 Å². The Balaban J connectivity index is 3.43. The summed E-state index contributed by atoms with van der Waals surface area (Å²) in [5, 5.41) is 1.66. The Hall–Kier alpha value is -0.0800. The van der Waals surface area contributed by atoms with Crippen LogP contribution >= 0.6 is 0 Å². The predicted molar refractivity (Wildman–Crippen MR) is 29.8 cm³/mol. The van der Waals surface area contributed by atoms with E-state index in [9.17, 15) is 0 Å². The molecule has 0 aliphatic carbocycles. The first kappa shape index (κ1) is 0.957. The van der Waals surface area contributed by atoms with Gasteiger partial charge in [0.2, 0.25) is 0 Å². The van der Waals surface area contributed by atoms with Crippen LogP contribution in [0.4, 0.5) is 0 Å². The first-order chi connectivity index (χ1) is 6.71. The molecule has 1 aliphatic rings. The lowest BCUT2D eigenvalue weighted by Gasteiger charge is -2.18. The molecule has 1 unspecified atom stereocenters. The van der Waals surface area contributed by atoms with Gasteiger partial charge in [-0.15, -0.1) is 0 Å². The van der Waals surface area contributed by atoms with Crippen LogP contribution in [0.5, 0.6) is 0 Å². The molecule has 1 atom stereocenters. The van der Waals surface area contributed by atoms with Crippen LogP contribution in [-0.4, -0.2) is 12.6 Å². The predicted octanol–water partition coefficient (Wildman–Crippen LogP) is 0.0447. The zero-order valence-corrected chi connectivity index (χ0v) is 3.58. The van der Waals surface area contributed by atoms with Crippen LogP contribution in [0.3, 0.4) is 0 Å². The quantitative estimate of drug-likeness (QED) is 0.461. The highest BCUT2D eigenvalue weighted by Crippen LogP contribution is 2.00. The summed E-state index contributed by atoms with van der Waals surface area (Å²) in [5.74, 6) is 0. The van der Waals surface area contributed by atoms with Gasteiger partial charge in [-0.2, -0.15) is 0 Å². The second-order valence-electron chi connectivity index (χ2n) is 1.04. The van der Waals surface area contributed by atoms with Gasteiger partial charge in [0.25, 0.3) is 0 Å². The van der Waals surface area contributed by atoms with E-state index in [-0.39, 0.29) is 0 Å². The molecule has 1 saturated heterocycles. The van der Waals surface area contributed by atoms with Crippen molar-refractivity contribution in [1.29, 1.82) is 0 Å². The molecule has 1 rings (SSSR count). The molecular formula is C5H12N2. The van der Waals surface area contributed by atoms with Crippen LogP contribution in [0, 0.1) is 0 Å². The van der Waals surface area contributed by atoms with Crippen molar-refractivity contribution >= 4 is 0 Å². The molecule has 0 amide bonds. The lowest BCUT2D eigenvalue weighted by molar-refractivity contribution is 0.411. The van der Waals surface area contributed by atoms with Crippen LogP contribution < -0.4 is 11.1 Å². The Bertz CT molecular complexity index is 281. The fourth-order valence-corrected chi connectivity index (χ4v) is 0.260. The molecule has 3 N–H and O–H groups in total. The SMILES string of the molecule is [2H]C1([2H])NC([2H])(N)C([2H])([2H])C([2H])([2H])C1([2H])[2H]. The zero-order valence-electron chi connectivity index (χ0n) is 12.6. The van der Waals surface area contributed by atoms with Gasteiger partial charge in [-0.25, -0.2) is 0 Å². The molecule has 7 heavy (non-hydrogen) atoms. The largest absolute Gasteiger partial charge is 0.316 e. The van der Waals surface area contributed by atoms with Crippen LogP contribution in [0.15, 0.2) is 0 Å². The van der Waals surface area contributed by atoms with Gasteiger partial charge in [-0.05, 0) is 25.6 Å². The maximum atomic E-state index is 7.38. The number of hydrogen-bond donors (Lipinski definition) is 2.